The van der Waals surface area contributed by atoms with Crippen LogP contribution < -0.4 is 0 Å². The molecule has 1 aromatic rings. The Bertz CT molecular complexity index is 337. The van der Waals surface area contributed by atoms with Crippen molar-refractivity contribution in [2.24, 2.45) is 0 Å². The lowest BCUT2D eigenvalue weighted by molar-refractivity contribution is -0.380. The molecule has 0 unspecified atom stereocenters. The maximum atomic E-state index is 10.2. The number of rotatable bonds is 1. The van der Waals surface area contributed by atoms with Crippen molar-refractivity contribution in [2.45, 2.75) is 6.92 Å². The van der Waals surface area contributed by atoms with Gasteiger partial charge in [-0.15, -0.1) is 0 Å². The molecule has 0 aliphatic heterocycles. The Hall–Kier alpha value is -1.41. The predicted molar refractivity (Wildman–Crippen MR) is 40.4 cm³/mol. The molecule has 0 atom stereocenters. The van der Waals surface area contributed by atoms with E-state index in [4.69, 9.17) is 5.26 Å². The van der Waals surface area contributed by atoms with Crippen molar-refractivity contribution >= 4 is 16.3 Å². The van der Waals surface area contributed by atoms with Crippen molar-refractivity contribution in [1.29, 1.82) is 5.26 Å². The Balaban J connectivity index is 3.18. The summed E-state index contributed by atoms with van der Waals surface area (Å²) < 4.78 is 0. The van der Waals surface area contributed by atoms with Gasteiger partial charge >= 0.3 is 5.00 Å². The van der Waals surface area contributed by atoms with Gasteiger partial charge < -0.3 is 0 Å². The van der Waals surface area contributed by atoms with Gasteiger partial charge in [0.2, 0.25) is 0 Å². The lowest BCUT2D eigenvalue weighted by Gasteiger charge is -1.77. The summed E-state index contributed by atoms with van der Waals surface area (Å²) in [7, 11) is 0. The number of thiophene rings is 1. The molecule has 0 saturated heterocycles. The summed E-state index contributed by atoms with van der Waals surface area (Å²) in [5.74, 6) is 0. The second-order valence-electron chi connectivity index (χ2n) is 1.92. The summed E-state index contributed by atoms with van der Waals surface area (Å²) in [5, 5.41) is 18.7. The molecule has 1 aromatic heterocycles. The topological polar surface area (TPSA) is 66.9 Å². The van der Waals surface area contributed by atoms with Gasteiger partial charge in [0.25, 0.3) is 0 Å². The molecule has 5 heteroatoms. The van der Waals surface area contributed by atoms with Gasteiger partial charge in [-0.25, -0.2) is 0 Å². The van der Waals surface area contributed by atoms with Crippen molar-refractivity contribution in [3.8, 4) is 6.07 Å². The van der Waals surface area contributed by atoms with Crippen molar-refractivity contribution in [2.75, 3.05) is 0 Å². The Morgan fingerprint density at radius 1 is 1.82 bits per heavy atom. The third kappa shape index (κ3) is 1.36. The minimum absolute atomic E-state index is 0.0269. The summed E-state index contributed by atoms with van der Waals surface area (Å²) >= 11 is 1.03. The average molecular weight is 168 g/mol. The first-order valence-electron chi connectivity index (χ1n) is 2.80. The van der Waals surface area contributed by atoms with Gasteiger partial charge in [0.15, 0.2) is 0 Å². The van der Waals surface area contributed by atoms with Crippen molar-refractivity contribution in [3.05, 3.63) is 26.6 Å². The fraction of sp³-hybridized carbons (Fsp3) is 0.167. The first-order valence-corrected chi connectivity index (χ1v) is 3.61. The highest BCUT2D eigenvalue weighted by atomic mass is 32.1. The summed E-state index contributed by atoms with van der Waals surface area (Å²) in [5.41, 5.74) is 0.390. The van der Waals surface area contributed by atoms with Crippen molar-refractivity contribution < 1.29 is 4.92 Å². The lowest BCUT2D eigenvalue weighted by Crippen LogP contribution is -1.80. The van der Waals surface area contributed by atoms with E-state index in [0.717, 1.165) is 11.3 Å². The molecule has 0 saturated carbocycles. The summed E-state index contributed by atoms with van der Waals surface area (Å²) in [6, 6.07) is 3.17. The summed E-state index contributed by atoms with van der Waals surface area (Å²) in [6.45, 7) is 1.69. The molecule has 0 fully saturated rings. The molecule has 11 heavy (non-hydrogen) atoms. The van der Waals surface area contributed by atoms with E-state index in [1.807, 2.05) is 6.07 Å². The van der Waals surface area contributed by atoms with Gasteiger partial charge in [-0.05, 0) is 6.92 Å². The molecular formula is C6H4N2O2S. The van der Waals surface area contributed by atoms with Crippen LogP contribution in [-0.4, -0.2) is 4.92 Å². The number of hydrogen-bond donors (Lipinski definition) is 0. The Kier molecular flexibility index (Phi) is 1.87. The highest BCUT2D eigenvalue weighted by Crippen LogP contribution is 2.26. The van der Waals surface area contributed by atoms with Crippen LogP contribution in [0.25, 0.3) is 0 Å². The van der Waals surface area contributed by atoms with E-state index in [1.165, 1.54) is 6.07 Å². The van der Waals surface area contributed by atoms with Crippen LogP contribution >= 0.6 is 11.3 Å². The molecule has 0 aliphatic carbocycles. The fourth-order valence-corrected chi connectivity index (χ4v) is 1.45. The molecule has 0 aliphatic rings. The molecule has 0 amide bonds. The zero-order chi connectivity index (χ0) is 8.43. The monoisotopic (exact) mass is 168 g/mol. The summed E-state index contributed by atoms with van der Waals surface area (Å²) in [6.07, 6.45) is 0. The molecule has 1 rings (SSSR count). The number of nitriles is 1. The van der Waals surface area contributed by atoms with Gasteiger partial charge in [-0.1, -0.05) is 11.3 Å². The normalized spacial score (nSPS) is 9.09. The van der Waals surface area contributed by atoms with E-state index in [0.29, 0.717) is 10.4 Å². The van der Waals surface area contributed by atoms with Crippen LogP contribution in [0, 0.1) is 28.4 Å². The van der Waals surface area contributed by atoms with Gasteiger partial charge in [0.05, 0.1) is 10.5 Å². The van der Waals surface area contributed by atoms with E-state index in [9.17, 15) is 10.1 Å². The van der Waals surface area contributed by atoms with E-state index in [1.54, 1.807) is 6.92 Å². The largest absolute Gasteiger partial charge is 0.325 e. The summed E-state index contributed by atoms with van der Waals surface area (Å²) in [4.78, 5) is 10.4. The average Bonchev–Trinajstić information content (AvgIpc) is 2.31. The van der Waals surface area contributed by atoms with Crippen molar-refractivity contribution in [3.63, 3.8) is 0 Å². The van der Waals surface area contributed by atoms with E-state index in [-0.39, 0.29) is 5.00 Å². The lowest BCUT2D eigenvalue weighted by atomic mass is 10.3. The number of nitro groups is 1. The zero-order valence-corrected chi connectivity index (χ0v) is 6.51. The third-order valence-corrected chi connectivity index (χ3v) is 2.21. The van der Waals surface area contributed by atoms with E-state index >= 15 is 0 Å². The van der Waals surface area contributed by atoms with Gasteiger partial charge in [0.1, 0.15) is 6.07 Å². The Morgan fingerprint density at radius 2 is 2.45 bits per heavy atom. The van der Waals surface area contributed by atoms with Crippen LogP contribution in [0.1, 0.15) is 10.4 Å². The van der Waals surface area contributed by atoms with E-state index in [2.05, 4.69) is 0 Å². The Morgan fingerprint density at radius 3 is 2.73 bits per heavy atom. The minimum atomic E-state index is -0.488. The third-order valence-electron chi connectivity index (χ3n) is 1.21. The highest BCUT2D eigenvalue weighted by molar-refractivity contribution is 7.15. The van der Waals surface area contributed by atoms with Gasteiger partial charge in [-0.2, -0.15) is 5.26 Å². The quantitative estimate of drug-likeness (QED) is 0.474. The predicted octanol–water partition coefficient (Wildman–Crippen LogP) is 1.84. The maximum Gasteiger partial charge on any atom is 0.325 e. The number of nitrogens with zero attached hydrogens (tertiary/aromatic N) is 2. The smallest absolute Gasteiger partial charge is 0.258 e. The van der Waals surface area contributed by atoms with Crippen LogP contribution in [0.15, 0.2) is 6.07 Å². The first-order chi connectivity index (χ1) is 5.15. The van der Waals surface area contributed by atoms with Crippen LogP contribution in [0.3, 0.4) is 0 Å². The molecule has 0 spiro atoms. The molecule has 56 valence electrons. The van der Waals surface area contributed by atoms with Crippen LogP contribution in [-0.2, 0) is 0 Å². The number of aryl methyl sites for hydroxylation is 1. The van der Waals surface area contributed by atoms with Gasteiger partial charge in [-0.3, -0.25) is 10.1 Å². The minimum Gasteiger partial charge on any atom is -0.258 e. The second kappa shape index (κ2) is 2.68. The standard InChI is InChI=1S/C6H4N2O2S/c1-4-5(3-7)2-6(11-4)8(9)10/h2H,1H3. The first kappa shape index (κ1) is 7.69. The molecule has 0 aromatic carbocycles. The van der Waals surface area contributed by atoms with Crippen LogP contribution in [0.2, 0.25) is 0 Å². The highest BCUT2D eigenvalue weighted by Gasteiger charge is 2.12. The molecule has 4 nitrogen and oxygen atoms in total. The SMILES string of the molecule is Cc1sc([N+](=O)[O-])cc1C#N. The van der Waals surface area contributed by atoms with Gasteiger partial charge in [0, 0.05) is 10.9 Å². The molecule has 0 bridgehead atoms. The van der Waals surface area contributed by atoms with E-state index < -0.39 is 4.92 Å². The molecule has 0 N–H and O–H groups in total. The molecular weight excluding hydrogens is 164 g/mol. The Labute approximate surface area is 66.8 Å². The molecule has 1 heterocycles. The fourth-order valence-electron chi connectivity index (χ4n) is 0.667. The zero-order valence-electron chi connectivity index (χ0n) is 5.70. The second-order valence-corrected chi connectivity index (χ2v) is 3.16. The van der Waals surface area contributed by atoms with Crippen LogP contribution in [0.5, 0.6) is 0 Å². The van der Waals surface area contributed by atoms with Crippen LogP contribution in [0.4, 0.5) is 5.00 Å². The number of hydrogen-bond acceptors (Lipinski definition) is 4. The van der Waals surface area contributed by atoms with Crippen molar-refractivity contribution in [1.82, 2.24) is 0 Å². The molecule has 0 radical (unpaired) electrons. The maximum absolute atomic E-state index is 10.2.